The van der Waals surface area contributed by atoms with Gasteiger partial charge in [0, 0.05) is 18.3 Å². The fourth-order valence-electron chi connectivity index (χ4n) is 4.09. The lowest BCUT2D eigenvalue weighted by Gasteiger charge is -2.32. The highest BCUT2D eigenvalue weighted by Crippen LogP contribution is 2.42. The van der Waals surface area contributed by atoms with Crippen LogP contribution in [0.25, 0.3) is 0 Å². The minimum absolute atomic E-state index is 0.501. The molecule has 2 aliphatic rings. The van der Waals surface area contributed by atoms with Crippen LogP contribution >= 0.6 is 0 Å². The summed E-state index contributed by atoms with van der Waals surface area (Å²) in [5.41, 5.74) is 0. The van der Waals surface area contributed by atoms with E-state index in [1.54, 1.807) is 12.3 Å². The van der Waals surface area contributed by atoms with Gasteiger partial charge in [0.25, 0.3) is 0 Å². The van der Waals surface area contributed by atoms with Crippen molar-refractivity contribution >= 4 is 5.95 Å². The van der Waals surface area contributed by atoms with Gasteiger partial charge in [0.05, 0.1) is 0 Å². The van der Waals surface area contributed by atoms with Gasteiger partial charge < -0.3 is 10.1 Å². The number of nitrogens with one attached hydrogen (secondary N) is 1. The molecule has 1 heterocycles. The summed E-state index contributed by atoms with van der Waals surface area (Å²) in [5.74, 6) is 3.94. The third kappa shape index (κ3) is 3.46. The van der Waals surface area contributed by atoms with Crippen molar-refractivity contribution < 1.29 is 4.74 Å². The van der Waals surface area contributed by atoms with Crippen LogP contribution in [0.1, 0.15) is 38.5 Å². The van der Waals surface area contributed by atoms with Gasteiger partial charge in [0.2, 0.25) is 11.8 Å². The first-order valence-electron chi connectivity index (χ1n) is 8.69. The second-order valence-corrected chi connectivity index (χ2v) is 6.74. The summed E-state index contributed by atoms with van der Waals surface area (Å²) in [6.07, 6.45) is 9.86. The number of para-hydroxylation sites is 1. The molecule has 2 fully saturated rings. The number of benzene rings is 1. The quantitative estimate of drug-likeness (QED) is 0.893. The van der Waals surface area contributed by atoms with Crippen LogP contribution in [-0.2, 0) is 0 Å². The number of ether oxygens (including phenoxy) is 1. The molecule has 120 valence electrons. The van der Waals surface area contributed by atoms with Crippen LogP contribution in [0.2, 0.25) is 0 Å². The van der Waals surface area contributed by atoms with Crippen molar-refractivity contribution in [1.82, 2.24) is 9.97 Å². The molecule has 2 aromatic rings. The summed E-state index contributed by atoms with van der Waals surface area (Å²) < 4.78 is 5.79. The number of hydrogen-bond donors (Lipinski definition) is 1. The molecular formula is C19H23N3O. The summed E-state index contributed by atoms with van der Waals surface area (Å²) in [4.78, 5) is 8.86. The van der Waals surface area contributed by atoms with E-state index in [0.29, 0.717) is 17.9 Å². The van der Waals surface area contributed by atoms with Crippen molar-refractivity contribution in [1.29, 1.82) is 0 Å². The molecule has 4 nitrogen and oxygen atoms in total. The van der Waals surface area contributed by atoms with Crippen LogP contribution in [0.15, 0.2) is 42.6 Å². The van der Waals surface area contributed by atoms with Crippen LogP contribution in [0, 0.1) is 11.8 Å². The van der Waals surface area contributed by atoms with E-state index in [1.807, 2.05) is 30.3 Å². The molecular weight excluding hydrogens is 286 g/mol. The van der Waals surface area contributed by atoms with E-state index >= 15 is 0 Å². The molecule has 23 heavy (non-hydrogen) atoms. The van der Waals surface area contributed by atoms with Gasteiger partial charge in [-0.1, -0.05) is 37.5 Å². The Morgan fingerprint density at radius 1 is 0.957 bits per heavy atom. The Morgan fingerprint density at radius 2 is 1.83 bits per heavy atom. The molecule has 4 heteroatoms. The minimum Gasteiger partial charge on any atom is -0.439 e. The maximum absolute atomic E-state index is 5.79. The molecule has 1 aromatic carbocycles. The average Bonchev–Trinajstić information content (AvgIpc) is 3.04. The number of anilines is 1. The van der Waals surface area contributed by atoms with Crippen molar-refractivity contribution in [2.24, 2.45) is 11.8 Å². The second-order valence-electron chi connectivity index (χ2n) is 6.74. The van der Waals surface area contributed by atoms with Gasteiger partial charge in [-0.25, -0.2) is 4.98 Å². The molecule has 0 saturated heterocycles. The number of aromatic nitrogens is 2. The molecule has 0 spiro atoms. The van der Waals surface area contributed by atoms with Gasteiger partial charge in [0.1, 0.15) is 5.75 Å². The van der Waals surface area contributed by atoms with Crippen LogP contribution in [0.3, 0.4) is 0 Å². The first-order valence-corrected chi connectivity index (χ1v) is 8.69. The van der Waals surface area contributed by atoms with E-state index in [1.165, 1.54) is 38.5 Å². The fraction of sp³-hybridized carbons (Fsp3) is 0.474. The third-order valence-corrected chi connectivity index (χ3v) is 5.22. The van der Waals surface area contributed by atoms with Crippen molar-refractivity contribution in [2.75, 3.05) is 5.32 Å². The first-order chi connectivity index (χ1) is 11.4. The number of nitrogens with zero attached hydrogens (tertiary/aromatic N) is 2. The topological polar surface area (TPSA) is 47.0 Å². The molecule has 0 aliphatic heterocycles. The van der Waals surface area contributed by atoms with Gasteiger partial charge in [-0.3, -0.25) is 0 Å². The molecule has 0 bridgehead atoms. The summed E-state index contributed by atoms with van der Waals surface area (Å²) in [6, 6.07) is 12.0. The van der Waals surface area contributed by atoms with E-state index in [4.69, 9.17) is 4.74 Å². The third-order valence-electron chi connectivity index (χ3n) is 5.22. The Hall–Kier alpha value is -2.10. The molecule has 1 aromatic heterocycles. The summed E-state index contributed by atoms with van der Waals surface area (Å²) >= 11 is 0. The largest absolute Gasteiger partial charge is 0.439 e. The summed E-state index contributed by atoms with van der Waals surface area (Å²) in [6.45, 7) is 0. The zero-order valence-corrected chi connectivity index (χ0v) is 13.3. The predicted octanol–water partition coefficient (Wildman–Crippen LogP) is 4.65. The van der Waals surface area contributed by atoms with Crippen LogP contribution < -0.4 is 10.1 Å². The smallest absolute Gasteiger partial charge is 0.226 e. The van der Waals surface area contributed by atoms with Crippen molar-refractivity contribution in [3.63, 3.8) is 0 Å². The maximum Gasteiger partial charge on any atom is 0.226 e. The lowest BCUT2D eigenvalue weighted by Crippen LogP contribution is -2.30. The zero-order chi connectivity index (χ0) is 15.5. The van der Waals surface area contributed by atoms with Gasteiger partial charge in [-0.05, 0) is 43.2 Å². The Morgan fingerprint density at radius 3 is 2.74 bits per heavy atom. The Labute approximate surface area is 137 Å². The molecule has 1 N–H and O–H groups in total. The monoisotopic (exact) mass is 309 g/mol. The molecule has 4 rings (SSSR count). The minimum atomic E-state index is 0.501. The molecule has 0 amide bonds. The average molecular weight is 309 g/mol. The van der Waals surface area contributed by atoms with Gasteiger partial charge in [0.15, 0.2) is 0 Å². The van der Waals surface area contributed by atoms with Crippen molar-refractivity contribution in [3.8, 4) is 11.6 Å². The van der Waals surface area contributed by atoms with Crippen LogP contribution in [-0.4, -0.2) is 16.0 Å². The number of hydrogen-bond acceptors (Lipinski definition) is 4. The maximum atomic E-state index is 5.79. The van der Waals surface area contributed by atoms with Crippen molar-refractivity contribution in [2.45, 2.75) is 44.6 Å². The number of rotatable bonds is 4. The molecule has 2 aliphatic carbocycles. The Kier molecular flexibility index (Phi) is 4.14. The second kappa shape index (κ2) is 6.57. The highest BCUT2D eigenvalue weighted by atomic mass is 16.5. The van der Waals surface area contributed by atoms with Gasteiger partial charge >= 0.3 is 0 Å². The van der Waals surface area contributed by atoms with E-state index in [2.05, 4.69) is 15.3 Å². The SMILES string of the molecule is c1ccc(Oc2ccnc(NC3CCC4CCCC4C3)n2)cc1. The van der Waals surface area contributed by atoms with E-state index in [0.717, 1.165) is 17.6 Å². The van der Waals surface area contributed by atoms with Crippen LogP contribution in [0.5, 0.6) is 11.6 Å². The van der Waals surface area contributed by atoms with Gasteiger partial charge in [-0.15, -0.1) is 0 Å². The van der Waals surface area contributed by atoms with E-state index in [9.17, 15) is 0 Å². The summed E-state index contributed by atoms with van der Waals surface area (Å²) in [7, 11) is 0. The standard InChI is InChI=1S/C19H23N3O/c1-2-7-17(8-3-1)23-18-11-12-20-19(22-18)21-16-10-9-14-5-4-6-15(14)13-16/h1-3,7-8,11-12,14-16H,4-6,9-10,13H2,(H,20,21,22). The zero-order valence-electron chi connectivity index (χ0n) is 13.3. The lowest BCUT2D eigenvalue weighted by atomic mass is 9.79. The highest BCUT2D eigenvalue weighted by molar-refractivity contribution is 5.32. The fourth-order valence-corrected chi connectivity index (χ4v) is 4.09. The molecule has 3 unspecified atom stereocenters. The van der Waals surface area contributed by atoms with E-state index < -0.39 is 0 Å². The lowest BCUT2D eigenvalue weighted by molar-refractivity contribution is 0.260. The summed E-state index contributed by atoms with van der Waals surface area (Å²) in [5, 5.41) is 3.52. The molecule has 2 saturated carbocycles. The molecule has 3 atom stereocenters. The van der Waals surface area contributed by atoms with Gasteiger partial charge in [-0.2, -0.15) is 4.98 Å². The van der Waals surface area contributed by atoms with E-state index in [-0.39, 0.29) is 0 Å². The predicted molar refractivity (Wildman–Crippen MR) is 90.6 cm³/mol. The number of fused-ring (bicyclic) bond motifs is 1. The van der Waals surface area contributed by atoms with Crippen LogP contribution in [0.4, 0.5) is 5.95 Å². The normalized spacial score (nSPS) is 26.5. The van der Waals surface area contributed by atoms with Crippen molar-refractivity contribution in [3.05, 3.63) is 42.6 Å². The Bertz CT molecular complexity index is 646. The first kappa shape index (κ1) is 14.5. The Balaban J connectivity index is 1.40. The highest BCUT2D eigenvalue weighted by Gasteiger charge is 2.33. The molecule has 0 radical (unpaired) electrons.